The van der Waals surface area contributed by atoms with E-state index >= 15 is 0 Å². The highest BCUT2D eigenvalue weighted by Gasteiger charge is 2.15. The van der Waals surface area contributed by atoms with Crippen molar-refractivity contribution in [2.75, 3.05) is 16.4 Å². The molecule has 0 saturated heterocycles. The van der Waals surface area contributed by atoms with Gasteiger partial charge in [-0.25, -0.2) is 0 Å². The molecule has 0 bridgehead atoms. The number of hydrogen-bond acceptors (Lipinski definition) is 3. The second-order valence-electron chi connectivity index (χ2n) is 5.73. The van der Waals surface area contributed by atoms with Gasteiger partial charge >= 0.3 is 0 Å². The highest BCUT2D eigenvalue weighted by Crippen LogP contribution is 2.16. The van der Waals surface area contributed by atoms with Gasteiger partial charge in [-0.1, -0.05) is 29.8 Å². The third-order valence-corrected chi connectivity index (χ3v) is 4.60. The van der Waals surface area contributed by atoms with Crippen LogP contribution in [0.3, 0.4) is 0 Å². The SMILES string of the molecule is Cc1ccc(NC(=O)[C@@H](C)SCC(=O)Nc2cccc(C)c2)cc1. The molecule has 0 aliphatic rings. The fourth-order valence-corrected chi connectivity index (χ4v) is 2.76. The van der Waals surface area contributed by atoms with Gasteiger partial charge < -0.3 is 10.6 Å². The summed E-state index contributed by atoms with van der Waals surface area (Å²) in [6, 6.07) is 15.3. The largest absolute Gasteiger partial charge is 0.325 e. The van der Waals surface area contributed by atoms with Gasteiger partial charge in [0, 0.05) is 11.4 Å². The lowest BCUT2D eigenvalue weighted by Crippen LogP contribution is -2.25. The first-order valence-electron chi connectivity index (χ1n) is 7.79. The van der Waals surface area contributed by atoms with Gasteiger partial charge in [0.25, 0.3) is 0 Å². The van der Waals surface area contributed by atoms with Crippen molar-refractivity contribution in [2.24, 2.45) is 0 Å². The molecule has 0 saturated carbocycles. The molecule has 0 aliphatic heterocycles. The maximum absolute atomic E-state index is 12.1. The van der Waals surface area contributed by atoms with Gasteiger partial charge in [-0.2, -0.15) is 0 Å². The van der Waals surface area contributed by atoms with Crippen molar-refractivity contribution in [3.63, 3.8) is 0 Å². The van der Waals surface area contributed by atoms with Crippen molar-refractivity contribution in [2.45, 2.75) is 26.0 Å². The average molecular weight is 342 g/mol. The van der Waals surface area contributed by atoms with Gasteiger partial charge in [0.1, 0.15) is 0 Å². The molecule has 0 aliphatic carbocycles. The molecule has 4 nitrogen and oxygen atoms in total. The van der Waals surface area contributed by atoms with E-state index in [0.717, 1.165) is 22.5 Å². The van der Waals surface area contributed by atoms with E-state index in [9.17, 15) is 9.59 Å². The molecule has 2 N–H and O–H groups in total. The molecular weight excluding hydrogens is 320 g/mol. The highest BCUT2D eigenvalue weighted by atomic mass is 32.2. The van der Waals surface area contributed by atoms with Crippen LogP contribution in [0.4, 0.5) is 11.4 Å². The third kappa shape index (κ3) is 5.74. The minimum absolute atomic E-state index is 0.104. The van der Waals surface area contributed by atoms with Crippen LogP contribution in [0, 0.1) is 13.8 Å². The lowest BCUT2D eigenvalue weighted by Gasteiger charge is -2.12. The lowest BCUT2D eigenvalue weighted by molar-refractivity contribution is -0.115. The van der Waals surface area contributed by atoms with Crippen LogP contribution in [0.25, 0.3) is 0 Å². The number of aryl methyl sites for hydroxylation is 2. The second kappa shape index (κ2) is 8.55. The van der Waals surface area contributed by atoms with Crippen LogP contribution in [-0.4, -0.2) is 22.8 Å². The quantitative estimate of drug-likeness (QED) is 0.834. The molecule has 0 aromatic heterocycles. The number of rotatable bonds is 6. The summed E-state index contributed by atoms with van der Waals surface area (Å²) in [5, 5.41) is 5.39. The Labute approximate surface area is 147 Å². The van der Waals surface area contributed by atoms with E-state index < -0.39 is 0 Å². The fraction of sp³-hybridized carbons (Fsp3) is 0.263. The molecule has 2 aromatic carbocycles. The van der Waals surface area contributed by atoms with Gasteiger partial charge in [0.05, 0.1) is 11.0 Å². The molecule has 1 atom stereocenters. The van der Waals surface area contributed by atoms with Gasteiger partial charge in [-0.3, -0.25) is 9.59 Å². The predicted molar refractivity (Wildman–Crippen MR) is 102 cm³/mol. The molecule has 0 unspecified atom stereocenters. The van der Waals surface area contributed by atoms with Crippen LogP contribution in [0.2, 0.25) is 0 Å². The molecule has 2 rings (SSSR count). The molecular formula is C19H22N2O2S. The summed E-state index contributed by atoms with van der Waals surface area (Å²) in [5.74, 6) is 0.0176. The van der Waals surface area contributed by atoms with Crippen molar-refractivity contribution in [3.05, 3.63) is 59.7 Å². The van der Waals surface area contributed by atoms with Crippen LogP contribution >= 0.6 is 11.8 Å². The molecule has 0 radical (unpaired) electrons. The Hall–Kier alpha value is -2.27. The number of anilines is 2. The molecule has 5 heteroatoms. The van der Waals surface area contributed by atoms with Crippen LogP contribution in [0.5, 0.6) is 0 Å². The Morgan fingerprint density at radius 2 is 1.67 bits per heavy atom. The first kappa shape index (κ1) is 18.1. The van der Waals surface area contributed by atoms with Crippen LogP contribution in [0.15, 0.2) is 48.5 Å². The molecule has 2 aromatic rings. The number of nitrogens with one attached hydrogen (secondary N) is 2. The van der Waals surface area contributed by atoms with Gasteiger partial charge in [0.15, 0.2) is 0 Å². The summed E-state index contributed by atoms with van der Waals surface area (Å²) in [7, 11) is 0. The van der Waals surface area contributed by atoms with Crippen molar-refractivity contribution in [3.8, 4) is 0 Å². The molecule has 24 heavy (non-hydrogen) atoms. The second-order valence-corrected chi connectivity index (χ2v) is 7.06. The minimum Gasteiger partial charge on any atom is -0.325 e. The fourth-order valence-electron chi connectivity index (χ4n) is 2.08. The number of thioether (sulfide) groups is 1. The van der Waals surface area contributed by atoms with Crippen molar-refractivity contribution in [1.29, 1.82) is 0 Å². The van der Waals surface area contributed by atoms with E-state index in [2.05, 4.69) is 10.6 Å². The predicted octanol–water partition coefficient (Wildman–Crippen LogP) is 4.00. The Balaban J connectivity index is 1.79. The summed E-state index contributed by atoms with van der Waals surface area (Å²) < 4.78 is 0. The van der Waals surface area contributed by atoms with E-state index in [1.165, 1.54) is 11.8 Å². The van der Waals surface area contributed by atoms with Gasteiger partial charge in [-0.05, 0) is 50.6 Å². The van der Waals surface area contributed by atoms with Crippen molar-refractivity contribution in [1.82, 2.24) is 0 Å². The summed E-state index contributed by atoms with van der Waals surface area (Å²) in [4.78, 5) is 24.1. The topological polar surface area (TPSA) is 58.2 Å². The smallest absolute Gasteiger partial charge is 0.237 e. The average Bonchev–Trinajstić information content (AvgIpc) is 2.54. The number of benzene rings is 2. The van der Waals surface area contributed by atoms with E-state index in [1.54, 1.807) is 6.92 Å². The van der Waals surface area contributed by atoms with Gasteiger partial charge in [-0.15, -0.1) is 11.8 Å². The number of hydrogen-bond donors (Lipinski definition) is 2. The van der Waals surface area contributed by atoms with Gasteiger partial charge in [0.2, 0.25) is 11.8 Å². The molecule has 126 valence electrons. The monoisotopic (exact) mass is 342 g/mol. The molecule has 0 spiro atoms. The number of carbonyl (C=O) groups excluding carboxylic acids is 2. The minimum atomic E-state index is -0.311. The molecule has 2 amide bonds. The van der Waals surface area contributed by atoms with Crippen LogP contribution in [0.1, 0.15) is 18.1 Å². The Morgan fingerprint density at radius 1 is 0.958 bits per heavy atom. The van der Waals surface area contributed by atoms with E-state index in [4.69, 9.17) is 0 Å². The summed E-state index contributed by atoms with van der Waals surface area (Å²) in [6.45, 7) is 5.77. The highest BCUT2D eigenvalue weighted by molar-refractivity contribution is 8.01. The Bertz CT molecular complexity index is 714. The molecule has 0 fully saturated rings. The standard InChI is InChI=1S/C19H22N2O2S/c1-13-7-9-16(10-8-13)21-19(23)15(3)24-12-18(22)20-17-6-4-5-14(2)11-17/h4-11,15H,12H2,1-3H3,(H,20,22)(H,21,23)/t15-/m1/s1. The normalized spacial score (nSPS) is 11.6. The summed E-state index contributed by atoms with van der Waals surface area (Å²) >= 11 is 1.31. The number of carbonyl (C=O) groups is 2. The van der Waals surface area contributed by atoms with Crippen LogP contribution in [-0.2, 0) is 9.59 Å². The zero-order valence-electron chi connectivity index (χ0n) is 14.1. The van der Waals surface area contributed by atoms with E-state index in [-0.39, 0.29) is 22.8 Å². The van der Waals surface area contributed by atoms with E-state index in [1.807, 2.05) is 62.4 Å². The molecule has 0 heterocycles. The first-order chi connectivity index (χ1) is 11.4. The van der Waals surface area contributed by atoms with Crippen molar-refractivity contribution >= 4 is 35.0 Å². The maximum atomic E-state index is 12.1. The maximum Gasteiger partial charge on any atom is 0.237 e. The van der Waals surface area contributed by atoms with Crippen molar-refractivity contribution < 1.29 is 9.59 Å². The zero-order chi connectivity index (χ0) is 17.5. The first-order valence-corrected chi connectivity index (χ1v) is 8.84. The van der Waals surface area contributed by atoms with Crippen LogP contribution < -0.4 is 10.6 Å². The van der Waals surface area contributed by atoms with E-state index in [0.29, 0.717) is 0 Å². The Kier molecular flexibility index (Phi) is 6.44. The zero-order valence-corrected chi connectivity index (χ0v) is 14.9. The summed E-state index contributed by atoms with van der Waals surface area (Å²) in [6.07, 6.45) is 0. The lowest BCUT2D eigenvalue weighted by atomic mass is 10.2. The Morgan fingerprint density at radius 3 is 2.33 bits per heavy atom. The third-order valence-electron chi connectivity index (χ3n) is 3.45. The number of amides is 2. The summed E-state index contributed by atoms with van der Waals surface area (Å²) in [5.41, 5.74) is 3.77.